The summed E-state index contributed by atoms with van der Waals surface area (Å²) in [5, 5.41) is 1.45. The Kier molecular flexibility index (Phi) is 5.16. The number of carbonyl (C=O) groups excluding carboxylic acids is 1. The van der Waals surface area contributed by atoms with Gasteiger partial charge in [0.2, 0.25) is 0 Å². The number of hydrogen-bond donors (Lipinski definition) is 1. The molecule has 0 aliphatic rings. The normalized spacial score (nSPS) is 12.8. The second-order valence-electron chi connectivity index (χ2n) is 6.03. The first-order valence-electron chi connectivity index (χ1n) is 8.08. The van der Waals surface area contributed by atoms with Crippen molar-refractivity contribution in [3.63, 3.8) is 0 Å². The molecule has 9 heteroatoms. The van der Waals surface area contributed by atoms with Crippen LogP contribution in [-0.4, -0.2) is 16.7 Å². The minimum Gasteiger partial charge on any atom is -0.340 e. The molecule has 3 aromatic rings. The molecule has 28 heavy (non-hydrogen) atoms. The predicted octanol–water partition coefficient (Wildman–Crippen LogP) is 4.52. The van der Waals surface area contributed by atoms with E-state index in [1.165, 1.54) is 30.3 Å². The summed E-state index contributed by atoms with van der Waals surface area (Å²) in [5.41, 5.74) is -0.906. The van der Waals surface area contributed by atoms with Crippen LogP contribution in [0.3, 0.4) is 0 Å². The third-order valence-corrected chi connectivity index (χ3v) is 4.48. The lowest BCUT2D eigenvalue weighted by molar-refractivity contribution is -0.174. The molecule has 0 aliphatic carbocycles. The number of hydrogen-bond acceptors (Lipinski definition) is 2. The van der Waals surface area contributed by atoms with Gasteiger partial charge in [-0.3, -0.25) is 14.2 Å². The monoisotopic (exact) mass is 412 g/mol. The number of benzene rings is 2. The highest BCUT2D eigenvalue weighted by atomic mass is 35.5. The first-order valence-corrected chi connectivity index (χ1v) is 8.46. The Labute approximate surface area is 161 Å². The molecule has 0 radical (unpaired) electrons. The van der Waals surface area contributed by atoms with Crippen LogP contribution in [0.2, 0.25) is 5.02 Å². The van der Waals surface area contributed by atoms with Crippen molar-refractivity contribution in [3.05, 3.63) is 75.4 Å². The third kappa shape index (κ3) is 3.47. The Bertz CT molecular complexity index is 1110. The van der Waals surface area contributed by atoms with Crippen molar-refractivity contribution >= 4 is 28.3 Å². The van der Waals surface area contributed by atoms with Gasteiger partial charge in [0, 0.05) is 11.1 Å². The van der Waals surface area contributed by atoms with Crippen molar-refractivity contribution in [3.8, 4) is 5.69 Å². The molecule has 4 nitrogen and oxygen atoms in total. The number of rotatable bonds is 3. The minimum absolute atomic E-state index is 0.00427. The van der Waals surface area contributed by atoms with E-state index in [0.29, 0.717) is 0 Å². The van der Waals surface area contributed by atoms with Gasteiger partial charge in [-0.2, -0.15) is 13.2 Å². The molecular formula is C19H13ClF4N2O2. The molecule has 1 heterocycles. The van der Waals surface area contributed by atoms with Gasteiger partial charge in [0.15, 0.2) is 5.82 Å². The predicted molar refractivity (Wildman–Crippen MR) is 97.1 cm³/mol. The first kappa shape index (κ1) is 19.9. The summed E-state index contributed by atoms with van der Waals surface area (Å²) in [6, 6.07) is 10.5. The first-order chi connectivity index (χ1) is 13.1. The average Bonchev–Trinajstić information content (AvgIpc) is 2.64. The molecule has 1 N–H and O–H groups in total. The summed E-state index contributed by atoms with van der Waals surface area (Å²) >= 11 is 6.07. The van der Waals surface area contributed by atoms with E-state index in [-0.39, 0.29) is 21.5 Å². The zero-order valence-corrected chi connectivity index (χ0v) is 15.1. The van der Waals surface area contributed by atoms with Gasteiger partial charge >= 0.3 is 12.1 Å². The van der Waals surface area contributed by atoms with Crippen LogP contribution in [0.4, 0.5) is 17.6 Å². The van der Waals surface area contributed by atoms with E-state index < -0.39 is 35.2 Å². The number of amides is 1. The number of halogens is 5. The third-order valence-electron chi connectivity index (χ3n) is 4.16. The van der Waals surface area contributed by atoms with Crippen LogP contribution in [0.15, 0.2) is 53.3 Å². The summed E-state index contributed by atoms with van der Waals surface area (Å²) in [6.07, 6.45) is -5.15. The second-order valence-corrected chi connectivity index (χ2v) is 6.44. The number of fused-ring (bicyclic) bond motifs is 1. The minimum atomic E-state index is -5.15. The smallest absolute Gasteiger partial charge is 0.340 e. The van der Waals surface area contributed by atoms with Gasteiger partial charge in [0.25, 0.3) is 5.56 Å². The topological polar surface area (TPSA) is 51.1 Å². The molecule has 146 valence electrons. The Balaban J connectivity index is 2.33. The fourth-order valence-corrected chi connectivity index (χ4v) is 3.20. The molecule has 0 spiro atoms. The molecule has 1 amide bonds. The number of nitrogens with zero attached hydrogens (tertiary/aromatic N) is 1. The van der Waals surface area contributed by atoms with Crippen molar-refractivity contribution < 1.29 is 22.4 Å². The summed E-state index contributed by atoms with van der Waals surface area (Å²) < 4.78 is 54.2. The van der Waals surface area contributed by atoms with Crippen LogP contribution in [-0.2, 0) is 4.79 Å². The number of alkyl halides is 3. The van der Waals surface area contributed by atoms with E-state index in [2.05, 4.69) is 0 Å². The lowest BCUT2D eigenvalue weighted by Gasteiger charge is -2.22. The van der Waals surface area contributed by atoms with Crippen molar-refractivity contribution in [2.75, 3.05) is 0 Å². The highest BCUT2D eigenvalue weighted by Gasteiger charge is 2.40. The Morgan fingerprint density at radius 2 is 1.75 bits per heavy atom. The van der Waals surface area contributed by atoms with E-state index in [0.717, 1.165) is 11.5 Å². The summed E-state index contributed by atoms with van der Waals surface area (Å²) in [5.74, 6) is -3.19. The van der Waals surface area contributed by atoms with Crippen LogP contribution < -0.4 is 10.9 Å². The Morgan fingerprint density at radius 1 is 1.11 bits per heavy atom. The van der Waals surface area contributed by atoms with Crippen LogP contribution in [0.5, 0.6) is 0 Å². The van der Waals surface area contributed by atoms with Gasteiger partial charge in [-0.05, 0) is 25.1 Å². The molecule has 0 bridgehead atoms. The highest BCUT2D eigenvalue weighted by Crippen LogP contribution is 2.29. The van der Waals surface area contributed by atoms with Crippen LogP contribution >= 0.6 is 11.6 Å². The quantitative estimate of drug-likeness (QED) is 0.643. The van der Waals surface area contributed by atoms with Gasteiger partial charge in [0.1, 0.15) is 0 Å². The lowest BCUT2D eigenvalue weighted by Crippen LogP contribution is -2.40. The van der Waals surface area contributed by atoms with Crippen LogP contribution in [0.1, 0.15) is 18.7 Å². The molecule has 2 aromatic carbocycles. The number of carbonyl (C=O) groups is 1. The largest absolute Gasteiger partial charge is 0.471 e. The molecule has 1 atom stereocenters. The maximum atomic E-state index is 15.3. The van der Waals surface area contributed by atoms with E-state index in [9.17, 15) is 22.8 Å². The summed E-state index contributed by atoms with van der Waals surface area (Å²) in [7, 11) is 0. The molecule has 0 fully saturated rings. The molecule has 0 saturated heterocycles. The van der Waals surface area contributed by atoms with Gasteiger partial charge in [-0.15, -0.1) is 0 Å². The van der Waals surface area contributed by atoms with Crippen LogP contribution in [0, 0.1) is 5.82 Å². The van der Waals surface area contributed by atoms with Crippen LogP contribution in [0.25, 0.3) is 16.5 Å². The standard InChI is InChI=1S/C19H13ClF4N2O2/c1-10(25-18(28)19(22,23)24)16-15(21)12-8-5-9-13(20)14(12)17(27)26(16)11-6-3-2-4-7-11/h2-10H,1H3,(H,25,28)/t10-/m0/s1. The van der Waals surface area contributed by atoms with E-state index >= 15 is 4.39 Å². The molecule has 3 rings (SSSR count). The van der Waals surface area contributed by atoms with Crippen molar-refractivity contribution in [2.24, 2.45) is 0 Å². The maximum Gasteiger partial charge on any atom is 0.471 e. The van der Waals surface area contributed by atoms with E-state index in [1.54, 1.807) is 23.5 Å². The average molecular weight is 413 g/mol. The summed E-state index contributed by atoms with van der Waals surface area (Å²) in [6.45, 7) is 1.16. The number of aromatic nitrogens is 1. The van der Waals surface area contributed by atoms with Crippen molar-refractivity contribution in [1.82, 2.24) is 9.88 Å². The maximum absolute atomic E-state index is 15.3. The fourth-order valence-electron chi connectivity index (χ4n) is 2.95. The van der Waals surface area contributed by atoms with E-state index in [4.69, 9.17) is 11.6 Å². The van der Waals surface area contributed by atoms with Crippen molar-refractivity contribution in [1.29, 1.82) is 0 Å². The second kappa shape index (κ2) is 7.27. The zero-order valence-electron chi connectivity index (χ0n) is 14.3. The molecule has 0 unspecified atom stereocenters. The van der Waals surface area contributed by atoms with Gasteiger partial charge in [0.05, 0.1) is 22.1 Å². The molecular weight excluding hydrogens is 400 g/mol. The highest BCUT2D eigenvalue weighted by molar-refractivity contribution is 6.35. The zero-order chi connectivity index (χ0) is 20.6. The lowest BCUT2D eigenvalue weighted by atomic mass is 10.1. The fraction of sp³-hybridized carbons (Fsp3) is 0.158. The number of para-hydroxylation sites is 1. The van der Waals surface area contributed by atoms with Gasteiger partial charge in [-0.25, -0.2) is 4.39 Å². The summed E-state index contributed by atoms with van der Waals surface area (Å²) in [4.78, 5) is 24.4. The van der Waals surface area contributed by atoms with E-state index in [1.807, 2.05) is 0 Å². The van der Waals surface area contributed by atoms with Gasteiger partial charge < -0.3 is 5.32 Å². The van der Waals surface area contributed by atoms with Crippen molar-refractivity contribution in [2.45, 2.75) is 19.1 Å². The number of pyridine rings is 1. The molecule has 1 aromatic heterocycles. The SMILES string of the molecule is C[C@H](NC(=O)C(F)(F)F)c1c(F)c2cccc(Cl)c2c(=O)n1-c1ccccc1. The molecule has 0 aliphatic heterocycles. The molecule has 0 saturated carbocycles. The van der Waals surface area contributed by atoms with Gasteiger partial charge in [-0.1, -0.05) is 41.9 Å². The Morgan fingerprint density at radius 3 is 2.36 bits per heavy atom. The number of nitrogens with one attached hydrogen (secondary N) is 1. The Hall–Kier alpha value is -2.87.